The van der Waals surface area contributed by atoms with Gasteiger partial charge in [-0.2, -0.15) is 0 Å². The van der Waals surface area contributed by atoms with Crippen LogP contribution < -0.4 is 0 Å². The van der Waals surface area contributed by atoms with Crippen molar-refractivity contribution in [2.24, 2.45) is 0 Å². The van der Waals surface area contributed by atoms with Gasteiger partial charge in [0.2, 0.25) is 5.95 Å². The van der Waals surface area contributed by atoms with E-state index in [9.17, 15) is 0 Å². The van der Waals surface area contributed by atoms with Crippen molar-refractivity contribution < 1.29 is 0 Å². The zero-order chi connectivity index (χ0) is 28.8. The second-order valence-corrected chi connectivity index (χ2v) is 11.3. The van der Waals surface area contributed by atoms with Crippen LogP contribution in [0, 0.1) is 0 Å². The number of rotatable bonds is 2. The van der Waals surface area contributed by atoms with Crippen molar-refractivity contribution in [3.63, 3.8) is 0 Å². The van der Waals surface area contributed by atoms with Crippen LogP contribution in [0.1, 0.15) is 0 Å². The van der Waals surface area contributed by atoms with Crippen LogP contribution in [-0.4, -0.2) is 23.9 Å². The van der Waals surface area contributed by atoms with E-state index in [4.69, 9.17) is 15.0 Å². The lowest BCUT2D eigenvalue weighted by Crippen LogP contribution is -2.05. The second kappa shape index (κ2) is 8.72. The highest BCUT2D eigenvalue weighted by molar-refractivity contribution is 6.16. The quantitative estimate of drug-likeness (QED) is 0.198. The fraction of sp³-hybridized carbons (Fsp3) is 0. The van der Waals surface area contributed by atoms with Gasteiger partial charge in [0.15, 0.2) is 5.65 Å². The summed E-state index contributed by atoms with van der Waals surface area (Å²) < 4.78 is 4.50. The first kappa shape index (κ1) is 23.5. The molecule has 6 aromatic carbocycles. The summed E-state index contributed by atoms with van der Waals surface area (Å²) in [6.07, 6.45) is 0. The van der Waals surface area contributed by atoms with Gasteiger partial charge in [0, 0.05) is 27.1 Å². The van der Waals surface area contributed by atoms with E-state index in [1.54, 1.807) is 0 Å². The Hall–Kier alpha value is -6.07. The number of hydrogen-bond donors (Lipinski definition) is 0. The topological polar surface area (TPSA) is 48.0 Å². The molecule has 0 saturated carbocycles. The van der Waals surface area contributed by atoms with Crippen LogP contribution in [-0.2, 0) is 0 Å². The predicted molar refractivity (Wildman–Crippen MR) is 181 cm³/mol. The molecule has 0 unspecified atom stereocenters. The maximum Gasteiger partial charge on any atom is 0.237 e. The molecule has 10 rings (SSSR count). The molecule has 0 radical (unpaired) electrons. The largest absolute Gasteiger partial charge is 0.277 e. The zero-order valence-electron chi connectivity index (χ0n) is 23.5. The third kappa shape index (κ3) is 3.10. The number of para-hydroxylation sites is 3. The summed E-state index contributed by atoms with van der Waals surface area (Å²) in [5.74, 6) is 0.622. The molecule has 4 aromatic heterocycles. The van der Waals surface area contributed by atoms with Gasteiger partial charge < -0.3 is 0 Å². The Morgan fingerprint density at radius 1 is 0.432 bits per heavy atom. The molecule has 0 aliphatic carbocycles. The summed E-state index contributed by atoms with van der Waals surface area (Å²) in [5, 5.41) is 7.94. The number of pyridine rings is 1. The molecule has 10 aromatic rings. The highest BCUT2D eigenvalue weighted by Crippen LogP contribution is 2.38. The number of fused-ring (bicyclic) bond motifs is 12. The van der Waals surface area contributed by atoms with Gasteiger partial charge in [-0.3, -0.25) is 8.97 Å². The molecule has 5 nitrogen and oxygen atoms in total. The van der Waals surface area contributed by atoms with E-state index < -0.39 is 0 Å². The summed E-state index contributed by atoms with van der Waals surface area (Å²) in [7, 11) is 0. The second-order valence-electron chi connectivity index (χ2n) is 11.3. The van der Waals surface area contributed by atoms with Crippen LogP contribution in [0.15, 0.2) is 140 Å². The molecule has 0 amide bonds. The molecule has 0 N–H and O–H groups in total. The number of benzene rings is 6. The molecule has 0 fully saturated rings. The fourth-order valence-electron chi connectivity index (χ4n) is 7.00. The van der Waals surface area contributed by atoms with Crippen molar-refractivity contribution in [1.82, 2.24) is 23.9 Å². The van der Waals surface area contributed by atoms with Crippen molar-refractivity contribution >= 4 is 71.1 Å². The number of aromatic nitrogens is 5. The van der Waals surface area contributed by atoms with Gasteiger partial charge in [0.1, 0.15) is 11.2 Å². The van der Waals surface area contributed by atoms with E-state index in [0.29, 0.717) is 5.95 Å². The lowest BCUT2D eigenvalue weighted by molar-refractivity contribution is 0.993. The smallest absolute Gasteiger partial charge is 0.237 e. The minimum Gasteiger partial charge on any atom is -0.277 e. The van der Waals surface area contributed by atoms with Crippen LogP contribution >= 0.6 is 0 Å². The summed E-state index contributed by atoms with van der Waals surface area (Å²) in [6, 6.07) is 48.8. The van der Waals surface area contributed by atoms with Crippen LogP contribution in [0.3, 0.4) is 0 Å². The number of nitrogens with zero attached hydrogens (tertiary/aromatic N) is 5. The molecule has 0 aliphatic rings. The van der Waals surface area contributed by atoms with Crippen molar-refractivity contribution in [1.29, 1.82) is 0 Å². The van der Waals surface area contributed by atoms with Gasteiger partial charge in [-0.25, -0.2) is 15.0 Å². The monoisotopic (exact) mass is 561 g/mol. The van der Waals surface area contributed by atoms with Crippen LogP contribution in [0.4, 0.5) is 0 Å². The first-order chi connectivity index (χ1) is 21.8. The van der Waals surface area contributed by atoms with Crippen LogP contribution in [0.5, 0.6) is 0 Å². The van der Waals surface area contributed by atoms with E-state index >= 15 is 0 Å². The SMILES string of the molecule is c1ccc2c(-c3nc(-n4c5ccccc5c5nc6c7ccccc7c7ccccc7n6c54)nc4ccccc34)cccc2c1. The molecule has 0 bridgehead atoms. The van der Waals surface area contributed by atoms with Crippen LogP contribution in [0.2, 0.25) is 0 Å². The van der Waals surface area contributed by atoms with E-state index in [2.05, 4.69) is 142 Å². The first-order valence-corrected chi connectivity index (χ1v) is 14.8. The summed E-state index contributed by atoms with van der Waals surface area (Å²) >= 11 is 0. The Balaban J connectivity index is 1.41. The van der Waals surface area contributed by atoms with Gasteiger partial charge >= 0.3 is 0 Å². The number of hydrogen-bond acceptors (Lipinski definition) is 3. The third-order valence-corrected chi connectivity index (χ3v) is 8.90. The van der Waals surface area contributed by atoms with E-state index in [-0.39, 0.29) is 0 Å². The molecule has 0 saturated heterocycles. The molecular weight excluding hydrogens is 538 g/mol. The molecule has 204 valence electrons. The van der Waals surface area contributed by atoms with Crippen molar-refractivity contribution in [2.45, 2.75) is 0 Å². The molecule has 0 atom stereocenters. The highest BCUT2D eigenvalue weighted by atomic mass is 15.2. The first-order valence-electron chi connectivity index (χ1n) is 14.8. The highest BCUT2D eigenvalue weighted by Gasteiger charge is 2.23. The van der Waals surface area contributed by atoms with Crippen molar-refractivity contribution in [3.8, 4) is 17.2 Å². The number of imidazole rings is 1. The third-order valence-electron chi connectivity index (χ3n) is 8.90. The van der Waals surface area contributed by atoms with Crippen molar-refractivity contribution in [3.05, 3.63) is 140 Å². The van der Waals surface area contributed by atoms with Crippen molar-refractivity contribution in [2.75, 3.05) is 0 Å². The maximum absolute atomic E-state index is 5.40. The minimum absolute atomic E-state index is 0.622. The van der Waals surface area contributed by atoms with Gasteiger partial charge in [0.25, 0.3) is 0 Å². The van der Waals surface area contributed by atoms with Gasteiger partial charge in [-0.05, 0) is 34.4 Å². The Labute approximate surface area is 251 Å². The lowest BCUT2D eigenvalue weighted by Gasteiger charge is -2.14. The van der Waals surface area contributed by atoms with Gasteiger partial charge in [-0.1, -0.05) is 121 Å². The predicted octanol–water partition coefficient (Wildman–Crippen LogP) is 9.50. The Morgan fingerprint density at radius 3 is 1.93 bits per heavy atom. The minimum atomic E-state index is 0.622. The average Bonchev–Trinajstić information content (AvgIpc) is 3.63. The summed E-state index contributed by atoms with van der Waals surface area (Å²) in [4.78, 5) is 16.0. The van der Waals surface area contributed by atoms with E-state index in [0.717, 1.165) is 60.8 Å². The van der Waals surface area contributed by atoms with E-state index in [1.165, 1.54) is 21.5 Å². The lowest BCUT2D eigenvalue weighted by atomic mass is 9.99. The van der Waals surface area contributed by atoms with E-state index in [1.807, 2.05) is 6.07 Å². The molecule has 0 spiro atoms. The Bertz CT molecular complexity index is 2780. The molecule has 44 heavy (non-hydrogen) atoms. The Morgan fingerprint density at radius 2 is 1.07 bits per heavy atom. The van der Waals surface area contributed by atoms with Gasteiger partial charge in [-0.15, -0.1) is 0 Å². The summed E-state index contributed by atoms with van der Waals surface area (Å²) in [6.45, 7) is 0. The Kier molecular flexibility index (Phi) is 4.66. The summed E-state index contributed by atoms with van der Waals surface area (Å²) in [5.41, 5.74) is 7.85. The normalized spacial score (nSPS) is 12.1. The molecular formula is C39H23N5. The maximum atomic E-state index is 5.40. The zero-order valence-corrected chi connectivity index (χ0v) is 23.5. The fourth-order valence-corrected chi connectivity index (χ4v) is 7.00. The average molecular weight is 562 g/mol. The van der Waals surface area contributed by atoms with Crippen LogP contribution in [0.25, 0.3) is 88.3 Å². The molecule has 4 heterocycles. The van der Waals surface area contributed by atoms with Gasteiger partial charge in [0.05, 0.1) is 22.2 Å². The molecule has 0 aliphatic heterocycles. The standard InChI is InChI=1S/C39H23N5/c1-2-14-25-24(12-1)13-11-20-28(25)35-30-18-5-8-21-32(30)40-39(42-35)44-34-23-10-7-19-31(34)36-38(44)43-33-22-9-6-16-27(33)26-15-3-4-17-29(26)37(43)41-36/h1-23H. The molecule has 5 heteroatoms.